The second-order valence-electron chi connectivity index (χ2n) is 7.95. The molecule has 2 heterocycles. The van der Waals surface area contributed by atoms with Gasteiger partial charge in [0.15, 0.2) is 0 Å². The SMILES string of the molecule is CCC1(CO)CCN(C(=O)C(C)(C)CC2CCOCC2)CC1. The summed E-state index contributed by atoms with van der Waals surface area (Å²) >= 11 is 0. The molecule has 0 aliphatic carbocycles. The Bertz CT molecular complexity index is 361. The summed E-state index contributed by atoms with van der Waals surface area (Å²) in [7, 11) is 0. The molecule has 2 rings (SSSR count). The third-order valence-corrected chi connectivity index (χ3v) is 5.92. The van der Waals surface area contributed by atoms with E-state index >= 15 is 0 Å². The van der Waals surface area contributed by atoms with Gasteiger partial charge in [0, 0.05) is 38.3 Å². The number of aliphatic hydroxyl groups excluding tert-OH is 1. The standard InChI is InChI=1S/C18H33NO3/c1-4-18(14-20)7-9-19(10-8-18)16(21)17(2,3)13-15-5-11-22-12-6-15/h15,20H,4-14H2,1-3H3. The van der Waals surface area contributed by atoms with Crippen LogP contribution in [0.15, 0.2) is 0 Å². The Hall–Kier alpha value is -0.610. The molecule has 4 heteroatoms. The predicted octanol–water partition coefficient (Wildman–Crippen LogP) is 2.84. The average molecular weight is 311 g/mol. The summed E-state index contributed by atoms with van der Waals surface area (Å²) in [5, 5.41) is 9.63. The molecule has 0 spiro atoms. The summed E-state index contributed by atoms with van der Waals surface area (Å²) in [6.45, 7) is 9.86. The van der Waals surface area contributed by atoms with Crippen LogP contribution in [0.1, 0.15) is 59.3 Å². The monoisotopic (exact) mass is 311 g/mol. The molecule has 0 aromatic rings. The van der Waals surface area contributed by atoms with E-state index in [0.717, 1.165) is 64.8 Å². The van der Waals surface area contributed by atoms with Crippen molar-refractivity contribution < 1.29 is 14.6 Å². The van der Waals surface area contributed by atoms with Crippen molar-refractivity contribution in [2.24, 2.45) is 16.7 Å². The van der Waals surface area contributed by atoms with Crippen LogP contribution in [0.2, 0.25) is 0 Å². The fourth-order valence-corrected chi connectivity index (χ4v) is 4.00. The van der Waals surface area contributed by atoms with Gasteiger partial charge in [0.2, 0.25) is 5.91 Å². The lowest BCUT2D eigenvalue weighted by molar-refractivity contribution is -0.144. The zero-order chi connectivity index (χ0) is 16.2. The van der Waals surface area contributed by atoms with E-state index in [4.69, 9.17) is 4.74 Å². The molecule has 0 aromatic carbocycles. The van der Waals surface area contributed by atoms with E-state index in [0.29, 0.717) is 11.8 Å². The second-order valence-corrected chi connectivity index (χ2v) is 7.95. The van der Waals surface area contributed by atoms with Crippen LogP contribution in [0.3, 0.4) is 0 Å². The summed E-state index contributed by atoms with van der Waals surface area (Å²) in [6, 6.07) is 0. The average Bonchev–Trinajstić information content (AvgIpc) is 2.55. The number of hydrogen-bond acceptors (Lipinski definition) is 3. The van der Waals surface area contributed by atoms with Crippen LogP contribution in [0, 0.1) is 16.7 Å². The second kappa shape index (κ2) is 7.31. The van der Waals surface area contributed by atoms with Gasteiger partial charge in [0.25, 0.3) is 0 Å². The van der Waals surface area contributed by atoms with E-state index in [-0.39, 0.29) is 17.4 Å². The Morgan fingerprint density at radius 2 is 1.86 bits per heavy atom. The van der Waals surface area contributed by atoms with Crippen LogP contribution in [0.4, 0.5) is 0 Å². The van der Waals surface area contributed by atoms with Gasteiger partial charge in [-0.2, -0.15) is 0 Å². The molecular formula is C18H33NO3. The van der Waals surface area contributed by atoms with Gasteiger partial charge in [0.1, 0.15) is 0 Å². The van der Waals surface area contributed by atoms with Crippen molar-refractivity contribution >= 4 is 5.91 Å². The molecule has 2 fully saturated rings. The lowest BCUT2D eigenvalue weighted by Crippen LogP contribution is -2.49. The third-order valence-electron chi connectivity index (χ3n) is 5.92. The van der Waals surface area contributed by atoms with Crippen LogP contribution in [0.5, 0.6) is 0 Å². The molecule has 2 aliphatic heterocycles. The topological polar surface area (TPSA) is 49.8 Å². The fraction of sp³-hybridized carbons (Fsp3) is 0.944. The predicted molar refractivity (Wildman–Crippen MR) is 87.6 cm³/mol. The number of rotatable bonds is 5. The van der Waals surface area contributed by atoms with Crippen LogP contribution < -0.4 is 0 Å². The molecule has 2 saturated heterocycles. The van der Waals surface area contributed by atoms with Gasteiger partial charge in [-0.3, -0.25) is 4.79 Å². The van der Waals surface area contributed by atoms with Crippen LogP contribution in [-0.2, 0) is 9.53 Å². The number of amides is 1. The first kappa shape index (κ1) is 17.7. The number of ether oxygens (including phenoxy) is 1. The van der Waals surface area contributed by atoms with Gasteiger partial charge in [-0.25, -0.2) is 0 Å². The fourth-order valence-electron chi connectivity index (χ4n) is 4.00. The Balaban J connectivity index is 1.90. The zero-order valence-corrected chi connectivity index (χ0v) is 14.6. The van der Waals surface area contributed by atoms with Crippen LogP contribution >= 0.6 is 0 Å². The molecule has 0 unspecified atom stereocenters. The van der Waals surface area contributed by atoms with Crippen molar-refractivity contribution in [3.8, 4) is 0 Å². The van der Waals surface area contributed by atoms with Crippen molar-refractivity contribution in [1.82, 2.24) is 4.90 Å². The molecule has 1 N–H and O–H groups in total. The molecule has 0 atom stereocenters. The van der Waals surface area contributed by atoms with Gasteiger partial charge in [-0.15, -0.1) is 0 Å². The number of nitrogens with zero attached hydrogens (tertiary/aromatic N) is 1. The normalized spacial score (nSPS) is 23.5. The first-order valence-corrected chi connectivity index (χ1v) is 8.90. The quantitative estimate of drug-likeness (QED) is 0.849. The molecule has 0 bridgehead atoms. The highest BCUT2D eigenvalue weighted by molar-refractivity contribution is 5.82. The largest absolute Gasteiger partial charge is 0.396 e. The highest BCUT2D eigenvalue weighted by atomic mass is 16.5. The van der Waals surface area contributed by atoms with Gasteiger partial charge in [0.05, 0.1) is 0 Å². The molecule has 128 valence electrons. The molecule has 4 nitrogen and oxygen atoms in total. The number of likely N-dealkylation sites (tertiary alicyclic amines) is 1. The van der Waals surface area contributed by atoms with E-state index in [1.54, 1.807) is 0 Å². The maximum atomic E-state index is 12.9. The van der Waals surface area contributed by atoms with E-state index in [9.17, 15) is 9.90 Å². The van der Waals surface area contributed by atoms with E-state index in [1.807, 2.05) is 4.90 Å². The number of hydrogen-bond donors (Lipinski definition) is 1. The Kier molecular flexibility index (Phi) is 5.89. The van der Waals surface area contributed by atoms with Crippen molar-refractivity contribution in [2.45, 2.75) is 59.3 Å². The third kappa shape index (κ3) is 4.02. The molecule has 2 aliphatic rings. The molecule has 1 amide bonds. The van der Waals surface area contributed by atoms with Crippen molar-refractivity contribution in [3.05, 3.63) is 0 Å². The number of carbonyl (C=O) groups excluding carboxylic acids is 1. The first-order valence-electron chi connectivity index (χ1n) is 8.90. The minimum Gasteiger partial charge on any atom is -0.396 e. The van der Waals surface area contributed by atoms with E-state index < -0.39 is 0 Å². The summed E-state index contributed by atoms with van der Waals surface area (Å²) in [6.07, 6.45) is 5.99. The minimum absolute atomic E-state index is 0.0433. The Morgan fingerprint density at radius 3 is 2.36 bits per heavy atom. The smallest absolute Gasteiger partial charge is 0.228 e. The van der Waals surface area contributed by atoms with Crippen molar-refractivity contribution in [1.29, 1.82) is 0 Å². The summed E-state index contributed by atoms with van der Waals surface area (Å²) in [5.74, 6) is 0.909. The Labute approximate surface area is 135 Å². The van der Waals surface area contributed by atoms with Gasteiger partial charge in [-0.1, -0.05) is 20.8 Å². The maximum absolute atomic E-state index is 12.9. The number of aliphatic hydroxyl groups is 1. The lowest BCUT2D eigenvalue weighted by Gasteiger charge is -2.43. The lowest BCUT2D eigenvalue weighted by atomic mass is 9.75. The van der Waals surface area contributed by atoms with E-state index in [2.05, 4.69) is 20.8 Å². The van der Waals surface area contributed by atoms with Crippen molar-refractivity contribution in [3.63, 3.8) is 0 Å². The highest BCUT2D eigenvalue weighted by Gasteiger charge is 2.39. The minimum atomic E-state index is -0.284. The van der Waals surface area contributed by atoms with Gasteiger partial charge < -0.3 is 14.7 Å². The number of piperidine rings is 1. The number of carbonyl (C=O) groups is 1. The molecule has 22 heavy (non-hydrogen) atoms. The van der Waals surface area contributed by atoms with Gasteiger partial charge in [-0.05, 0) is 49.9 Å². The zero-order valence-electron chi connectivity index (χ0n) is 14.6. The first-order chi connectivity index (χ1) is 10.4. The highest BCUT2D eigenvalue weighted by Crippen LogP contribution is 2.37. The maximum Gasteiger partial charge on any atom is 0.228 e. The molecular weight excluding hydrogens is 278 g/mol. The Morgan fingerprint density at radius 1 is 1.27 bits per heavy atom. The van der Waals surface area contributed by atoms with E-state index in [1.165, 1.54) is 0 Å². The summed E-state index contributed by atoms with van der Waals surface area (Å²) in [4.78, 5) is 14.9. The molecule has 0 aromatic heterocycles. The van der Waals surface area contributed by atoms with Crippen molar-refractivity contribution in [2.75, 3.05) is 32.9 Å². The van der Waals surface area contributed by atoms with Crippen LogP contribution in [-0.4, -0.2) is 48.8 Å². The summed E-state index contributed by atoms with van der Waals surface area (Å²) < 4.78 is 5.42. The summed E-state index contributed by atoms with van der Waals surface area (Å²) in [5.41, 5.74) is -0.241. The molecule has 0 saturated carbocycles. The molecule has 0 radical (unpaired) electrons. The van der Waals surface area contributed by atoms with Crippen LogP contribution in [0.25, 0.3) is 0 Å². The van der Waals surface area contributed by atoms with Gasteiger partial charge >= 0.3 is 0 Å².